The normalized spacial score (nSPS) is 21.1. The molecule has 18 heavy (non-hydrogen) atoms. The molecule has 2 aliphatic heterocycles. The van der Waals surface area contributed by atoms with Gasteiger partial charge in [0.05, 0.1) is 0 Å². The van der Waals surface area contributed by atoms with Crippen molar-refractivity contribution in [1.82, 2.24) is 10.0 Å². The molecule has 0 atom stereocenters. The van der Waals surface area contributed by atoms with E-state index in [9.17, 15) is 19.2 Å². The number of carbonyl (C=O) groups is 4. The minimum Gasteiger partial charge on any atom is -0.266 e. The summed E-state index contributed by atoms with van der Waals surface area (Å²) in [5, 5.41) is -2.01. The van der Waals surface area contributed by atoms with E-state index in [1.165, 1.54) is 0 Å². The number of hydrazine groups is 1. The maximum absolute atomic E-state index is 11.6. The van der Waals surface area contributed by atoms with Crippen LogP contribution in [-0.4, -0.2) is 33.6 Å². The third-order valence-corrected chi connectivity index (χ3v) is 3.70. The molecule has 0 N–H and O–H groups in total. The average Bonchev–Trinajstić information content (AvgIpc) is 2.64. The van der Waals surface area contributed by atoms with E-state index in [2.05, 4.69) is 0 Å². The maximum atomic E-state index is 11.6. The largest absolute Gasteiger partial charge is 0.293 e. The van der Waals surface area contributed by atoms with Crippen LogP contribution >= 0.6 is 46.4 Å². The Bertz CT molecular complexity index is 494. The highest BCUT2D eigenvalue weighted by atomic mass is 35.5. The highest BCUT2D eigenvalue weighted by molar-refractivity contribution is 6.60. The van der Waals surface area contributed by atoms with E-state index in [0.29, 0.717) is 0 Å². The summed E-state index contributed by atoms with van der Waals surface area (Å²) in [7, 11) is 0. The monoisotopic (exact) mass is 328 g/mol. The number of halogens is 4. The van der Waals surface area contributed by atoms with Crippen molar-refractivity contribution < 1.29 is 19.2 Å². The summed E-state index contributed by atoms with van der Waals surface area (Å²) < 4.78 is 0. The van der Waals surface area contributed by atoms with E-state index >= 15 is 0 Å². The zero-order valence-electron chi connectivity index (χ0n) is 8.04. The fourth-order valence-corrected chi connectivity index (χ4v) is 1.94. The second kappa shape index (κ2) is 4.24. The molecule has 94 valence electrons. The molecule has 0 aliphatic carbocycles. The molecule has 0 radical (unpaired) electrons. The summed E-state index contributed by atoms with van der Waals surface area (Å²) in [6.45, 7) is 0. The predicted molar refractivity (Wildman–Crippen MR) is 61.2 cm³/mol. The highest BCUT2D eigenvalue weighted by Crippen LogP contribution is 2.33. The Morgan fingerprint density at radius 2 is 0.667 bits per heavy atom. The quantitative estimate of drug-likeness (QED) is 0.673. The lowest BCUT2D eigenvalue weighted by molar-refractivity contribution is -0.169. The maximum Gasteiger partial charge on any atom is 0.293 e. The topological polar surface area (TPSA) is 74.8 Å². The second-order valence-corrected chi connectivity index (χ2v) is 4.61. The predicted octanol–water partition coefficient (Wildman–Crippen LogP) is 1.02. The van der Waals surface area contributed by atoms with Crippen LogP contribution in [0.4, 0.5) is 0 Å². The van der Waals surface area contributed by atoms with Crippen molar-refractivity contribution in [3.05, 3.63) is 20.1 Å². The molecule has 0 saturated carbocycles. The summed E-state index contributed by atoms with van der Waals surface area (Å²) in [5.41, 5.74) is 0. The van der Waals surface area contributed by atoms with Gasteiger partial charge in [-0.05, 0) is 0 Å². The van der Waals surface area contributed by atoms with Crippen molar-refractivity contribution in [1.29, 1.82) is 0 Å². The average molecular weight is 330 g/mol. The molecule has 10 heteroatoms. The Kier molecular flexibility index (Phi) is 3.14. The van der Waals surface area contributed by atoms with Gasteiger partial charge in [0.2, 0.25) is 0 Å². The van der Waals surface area contributed by atoms with Gasteiger partial charge in [0.25, 0.3) is 23.6 Å². The number of hydrogen-bond donors (Lipinski definition) is 0. The van der Waals surface area contributed by atoms with Gasteiger partial charge in [0, 0.05) is 0 Å². The number of carbonyl (C=O) groups excluding carboxylic acids is 4. The van der Waals surface area contributed by atoms with Crippen molar-refractivity contribution >= 4 is 70.0 Å². The Labute approximate surface area is 119 Å². The number of rotatable bonds is 1. The lowest BCUT2D eigenvalue weighted by Gasteiger charge is -2.23. The van der Waals surface area contributed by atoms with Gasteiger partial charge in [-0.2, -0.15) is 10.0 Å². The van der Waals surface area contributed by atoms with Gasteiger partial charge < -0.3 is 0 Å². The number of amides is 4. The van der Waals surface area contributed by atoms with Crippen LogP contribution in [0.3, 0.4) is 0 Å². The van der Waals surface area contributed by atoms with Gasteiger partial charge in [-0.25, -0.2) is 0 Å². The molecule has 0 bridgehead atoms. The minimum atomic E-state index is -1.11. The fourth-order valence-electron chi connectivity index (χ4n) is 1.30. The van der Waals surface area contributed by atoms with Gasteiger partial charge >= 0.3 is 0 Å². The van der Waals surface area contributed by atoms with E-state index in [4.69, 9.17) is 46.4 Å². The minimum absolute atomic E-state index is 0.188. The molecule has 0 saturated heterocycles. The van der Waals surface area contributed by atoms with Crippen LogP contribution in [0.15, 0.2) is 20.1 Å². The molecule has 2 aliphatic rings. The fraction of sp³-hybridized carbons (Fsp3) is 0. The molecule has 2 heterocycles. The van der Waals surface area contributed by atoms with Crippen molar-refractivity contribution in [3.63, 3.8) is 0 Å². The van der Waals surface area contributed by atoms with Crippen molar-refractivity contribution in [2.45, 2.75) is 0 Å². The highest BCUT2D eigenvalue weighted by Gasteiger charge is 2.49. The van der Waals surface area contributed by atoms with Crippen LogP contribution in [0.25, 0.3) is 0 Å². The molecule has 0 aromatic heterocycles. The Hall–Kier alpha value is -1.08. The van der Waals surface area contributed by atoms with Crippen LogP contribution in [0.1, 0.15) is 0 Å². The summed E-state index contributed by atoms with van der Waals surface area (Å²) in [5.74, 6) is -4.43. The van der Waals surface area contributed by atoms with E-state index in [-0.39, 0.29) is 10.0 Å². The summed E-state index contributed by atoms with van der Waals surface area (Å²) in [4.78, 5) is 46.4. The van der Waals surface area contributed by atoms with Crippen LogP contribution in [0.5, 0.6) is 0 Å². The van der Waals surface area contributed by atoms with E-state index in [1.54, 1.807) is 0 Å². The van der Waals surface area contributed by atoms with E-state index in [0.717, 1.165) is 0 Å². The van der Waals surface area contributed by atoms with Gasteiger partial charge in [-0.1, -0.05) is 46.4 Å². The van der Waals surface area contributed by atoms with Crippen molar-refractivity contribution in [2.24, 2.45) is 0 Å². The van der Waals surface area contributed by atoms with Crippen molar-refractivity contribution in [3.8, 4) is 0 Å². The first-order chi connectivity index (χ1) is 8.29. The van der Waals surface area contributed by atoms with Gasteiger partial charge in [-0.3, -0.25) is 19.2 Å². The lowest BCUT2D eigenvalue weighted by Crippen LogP contribution is -2.50. The first-order valence-electron chi connectivity index (χ1n) is 4.17. The molecule has 0 unspecified atom stereocenters. The van der Waals surface area contributed by atoms with Gasteiger partial charge in [0.1, 0.15) is 20.1 Å². The summed E-state index contributed by atoms with van der Waals surface area (Å²) in [6.07, 6.45) is 0. The summed E-state index contributed by atoms with van der Waals surface area (Å²) >= 11 is 21.8. The van der Waals surface area contributed by atoms with Crippen molar-refractivity contribution in [2.75, 3.05) is 0 Å². The van der Waals surface area contributed by atoms with Crippen LogP contribution in [0.2, 0.25) is 0 Å². The molecule has 4 amide bonds. The molecule has 0 aromatic carbocycles. The second-order valence-electron chi connectivity index (χ2n) is 3.10. The third-order valence-electron chi connectivity index (χ3n) is 2.11. The molecule has 2 rings (SSSR count). The first-order valence-corrected chi connectivity index (χ1v) is 5.68. The van der Waals surface area contributed by atoms with Crippen LogP contribution in [0, 0.1) is 0 Å². The van der Waals surface area contributed by atoms with E-state index < -0.39 is 43.8 Å². The van der Waals surface area contributed by atoms with Gasteiger partial charge in [-0.15, -0.1) is 0 Å². The lowest BCUT2D eigenvalue weighted by atomic mass is 10.5. The molecule has 0 spiro atoms. The Morgan fingerprint density at radius 3 is 0.833 bits per heavy atom. The first kappa shape index (κ1) is 13.4. The smallest absolute Gasteiger partial charge is 0.266 e. The molecule has 0 fully saturated rings. The summed E-state index contributed by atoms with van der Waals surface area (Å²) in [6, 6.07) is 0. The number of hydrogen-bond acceptors (Lipinski definition) is 4. The number of imide groups is 2. The SMILES string of the molecule is O=C1C(Cl)=C(Cl)C(=O)N1N1C(=O)C(Cl)=C(Cl)C1=O. The standard InChI is InChI=1S/C8Cl4N2O4/c9-1-2(10)6(16)13(5(1)15)14-7(17)3(11)4(12)8(14)18. The van der Waals surface area contributed by atoms with E-state index in [1.807, 2.05) is 0 Å². The molecule has 6 nitrogen and oxygen atoms in total. The Balaban J connectivity index is 2.44. The van der Waals surface area contributed by atoms with Gasteiger partial charge in [0.15, 0.2) is 0 Å². The molecular formula is C8Cl4N2O4. The molecular weight excluding hydrogens is 330 g/mol. The van der Waals surface area contributed by atoms with Crippen LogP contribution < -0.4 is 0 Å². The third kappa shape index (κ3) is 1.57. The molecule has 0 aromatic rings. The Morgan fingerprint density at radius 1 is 0.500 bits per heavy atom. The van der Waals surface area contributed by atoms with Crippen LogP contribution in [-0.2, 0) is 19.2 Å². The number of nitrogens with zero attached hydrogens (tertiary/aromatic N) is 2. The zero-order valence-corrected chi connectivity index (χ0v) is 11.1. The zero-order chi connectivity index (χ0) is 13.8.